The van der Waals surface area contributed by atoms with Gasteiger partial charge in [0.15, 0.2) is 11.5 Å². The van der Waals surface area contributed by atoms with Crippen LogP contribution in [-0.4, -0.2) is 35.1 Å². The number of hydrogen-bond donors (Lipinski definition) is 1. The molecule has 1 aliphatic rings. The highest BCUT2D eigenvalue weighted by Gasteiger charge is 2.36. The third-order valence-electron chi connectivity index (χ3n) is 5.72. The van der Waals surface area contributed by atoms with E-state index in [1.54, 1.807) is 18.2 Å². The molecule has 0 atom stereocenters. The van der Waals surface area contributed by atoms with E-state index in [-0.39, 0.29) is 4.91 Å². The molecule has 206 valence electrons. The van der Waals surface area contributed by atoms with Gasteiger partial charge in [-0.15, -0.1) is 6.58 Å². The van der Waals surface area contributed by atoms with Crippen molar-refractivity contribution < 1.29 is 28.2 Å². The predicted octanol–water partition coefficient (Wildman–Crippen LogP) is 6.97. The lowest BCUT2D eigenvalue weighted by Gasteiger charge is -2.17. The van der Waals surface area contributed by atoms with Crippen molar-refractivity contribution in [3.63, 3.8) is 0 Å². The number of ether oxygens (including phenoxy) is 2. The van der Waals surface area contributed by atoms with E-state index in [9.17, 15) is 18.8 Å². The first kappa shape index (κ1) is 29.1. The zero-order valence-electron chi connectivity index (χ0n) is 21.6. The molecular weight excluding hydrogens is 599 g/mol. The summed E-state index contributed by atoms with van der Waals surface area (Å²) in [6, 6.07) is 16.6. The number of thioether (sulfide) groups is 1. The van der Waals surface area contributed by atoms with Crippen LogP contribution < -0.4 is 14.8 Å². The Morgan fingerprint density at radius 1 is 1.10 bits per heavy atom. The first-order valence-electron chi connectivity index (χ1n) is 12.4. The minimum Gasteiger partial charge on any atom is -0.490 e. The Morgan fingerprint density at radius 2 is 1.82 bits per heavy atom. The Labute approximate surface area is 244 Å². The van der Waals surface area contributed by atoms with Crippen LogP contribution in [0, 0.1) is 5.82 Å². The summed E-state index contributed by atoms with van der Waals surface area (Å²) in [4.78, 5) is 39.1. The van der Waals surface area contributed by atoms with Crippen molar-refractivity contribution in [1.82, 2.24) is 4.90 Å². The molecule has 3 aromatic carbocycles. The second-order valence-corrected chi connectivity index (χ2v) is 10.6. The molecule has 1 saturated heterocycles. The van der Waals surface area contributed by atoms with Crippen molar-refractivity contribution >= 4 is 56.5 Å². The number of anilines is 1. The summed E-state index contributed by atoms with van der Waals surface area (Å²) in [6.07, 6.45) is 3.83. The number of nitrogens with one attached hydrogen (secondary N) is 1. The smallest absolute Gasteiger partial charge is 0.294 e. The molecule has 0 saturated carbocycles. The summed E-state index contributed by atoms with van der Waals surface area (Å²) in [5, 5.41) is 2.00. The van der Waals surface area contributed by atoms with Gasteiger partial charge in [-0.1, -0.05) is 34.1 Å². The van der Waals surface area contributed by atoms with Crippen LogP contribution in [-0.2, 0) is 22.6 Å². The van der Waals surface area contributed by atoms with Crippen LogP contribution in [0.2, 0.25) is 0 Å². The average Bonchev–Trinajstić information content (AvgIpc) is 3.18. The van der Waals surface area contributed by atoms with Gasteiger partial charge in [0.2, 0.25) is 5.91 Å². The van der Waals surface area contributed by atoms with Crippen molar-refractivity contribution in [3.05, 3.63) is 105 Å². The van der Waals surface area contributed by atoms with Gasteiger partial charge in [0, 0.05) is 15.7 Å². The van der Waals surface area contributed by atoms with E-state index >= 15 is 0 Å². The fourth-order valence-corrected chi connectivity index (χ4v) is 5.00. The van der Waals surface area contributed by atoms with Crippen molar-refractivity contribution in [2.75, 3.05) is 18.5 Å². The second-order valence-electron chi connectivity index (χ2n) is 8.67. The lowest BCUT2D eigenvalue weighted by atomic mass is 10.0. The minimum atomic E-state index is -0.581. The highest BCUT2D eigenvalue weighted by atomic mass is 79.9. The number of carbonyl (C=O) groups excluding carboxylic acids is 3. The zero-order chi connectivity index (χ0) is 28.6. The Morgan fingerprint density at radius 3 is 2.50 bits per heavy atom. The van der Waals surface area contributed by atoms with Crippen LogP contribution in [0.3, 0.4) is 0 Å². The third kappa shape index (κ3) is 7.40. The maximum atomic E-state index is 13.1. The topological polar surface area (TPSA) is 84.9 Å². The summed E-state index contributed by atoms with van der Waals surface area (Å²) in [5.41, 5.74) is 2.78. The molecule has 10 heteroatoms. The molecule has 3 aromatic rings. The highest BCUT2D eigenvalue weighted by molar-refractivity contribution is 9.10. The first-order valence-corrected chi connectivity index (χ1v) is 14.0. The van der Waals surface area contributed by atoms with Crippen molar-refractivity contribution in [3.8, 4) is 11.5 Å². The van der Waals surface area contributed by atoms with Gasteiger partial charge >= 0.3 is 0 Å². The van der Waals surface area contributed by atoms with Gasteiger partial charge in [-0.2, -0.15) is 0 Å². The number of halogens is 2. The summed E-state index contributed by atoms with van der Waals surface area (Å²) in [7, 11) is 0. The van der Waals surface area contributed by atoms with Gasteiger partial charge in [0.25, 0.3) is 11.1 Å². The van der Waals surface area contributed by atoms with Gasteiger partial charge in [-0.3, -0.25) is 19.3 Å². The van der Waals surface area contributed by atoms with Crippen molar-refractivity contribution in [2.24, 2.45) is 0 Å². The molecular formula is C30H26BrFN2O5S. The third-order valence-corrected chi connectivity index (χ3v) is 7.15. The quantitative estimate of drug-likeness (QED) is 0.183. The maximum Gasteiger partial charge on any atom is 0.294 e. The number of hydrogen-bond acceptors (Lipinski definition) is 6. The molecule has 0 aromatic heterocycles. The Hall–Kier alpha value is -3.89. The van der Waals surface area contributed by atoms with E-state index in [0.29, 0.717) is 42.4 Å². The van der Waals surface area contributed by atoms with Crippen LogP contribution >= 0.6 is 27.7 Å². The van der Waals surface area contributed by atoms with E-state index < -0.39 is 29.4 Å². The van der Waals surface area contributed by atoms with Gasteiger partial charge < -0.3 is 14.8 Å². The summed E-state index contributed by atoms with van der Waals surface area (Å²) < 4.78 is 26.1. The fraction of sp³-hybridized carbons (Fsp3) is 0.167. The molecule has 0 unspecified atom stereocenters. The Kier molecular flexibility index (Phi) is 9.79. The van der Waals surface area contributed by atoms with E-state index in [1.807, 2.05) is 37.3 Å². The summed E-state index contributed by atoms with van der Waals surface area (Å²) in [5.74, 6) is -0.519. The zero-order valence-corrected chi connectivity index (χ0v) is 24.0. The molecule has 1 heterocycles. The normalized spacial score (nSPS) is 14.0. The molecule has 3 amide bonds. The molecule has 0 spiro atoms. The van der Waals surface area contributed by atoms with E-state index in [2.05, 4.69) is 27.8 Å². The molecule has 0 aliphatic carbocycles. The summed E-state index contributed by atoms with van der Waals surface area (Å²) in [6.45, 7) is 5.97. The average molecular weight is 626 g/mol. The predicted molar refractivity (Wildman–Crippen MR) is 158 cm³/mol. The van der Waals surface area contributed by atoms with Crippen LogP contribution in [0.4, 0.5) is 14.9 Å². The number of benzene rings is 3. The van der Waals surface area contributed by atoms with Crippen molar-refractivity contribution in [1.29, 1.82) is 0 Å². The number of carbonyl (C=O) groups is 3. The summed E-state index contributed by atoms with van der Waals surface area (Å²) >= 11 is 4.18. The Bertz CT molecular complexity index is 1460. The standard InChI is InChI=1S/C30H26BrFN2O5S/c1-3-5-21-14-20(15-25(38-4-2)28(21)39-18-19-6-8-22(31)9-7-19)16-26-29(36)34(30(37)40-26)17-27(35)33-24-12-10-23(32)11-13-24/h3,6-16H,1,4-5,17-18H2,2H3,(H,33,35)/b26-16-. The molecule has 40 heavy (non-hydrogen) atoms. The van der Waals surface area contributed by atoms with Gasteiger partial charge in [0.05, 0.1) is 11.5 Å². The van der Waals surface area contributed by atoms with Crippen LogP contribution in [0.1, 0.15) is 23.6 Å². The Balaban J connectivity index is 1.54. The molecule has 1 N–H and O–H groups in total. The molecule has 1 aliphatic heterocycles. The SMILES string of the molecule is C=CCc1cc(/C=C2\SC(=O)N(CC(=O)Nc3ccc(F)cc3)C2=O)cc(OCC)c1OCc1ccc(Br)cc1. The lowest BCUT2D eigenvalue weighted by Crippen LogP contribution is -2.36. The number of amides is 3. The molecule has 4 rings (SSSR count). The highest BCUT2D eigenvalue weighted by Crippen LogP contribution is 2.38. The fourth-order valence-electron chi connectivity index (χ4n) is 3.90. The molecule has 1 fully saturated rings. The molecule has 0 radical (unpaired) electrons. The van der Waals surface area contributed by atoms with Crippen LogP contribution in [0.5, 0.6) is 11.5 Å². The van der Waals surface area contributed by atoms with Gasteiger partial charge in [-0.25, -0.2) is 4.39 Å². The number of allylic oxidation sites excluding steroid dienone is 1. The lowest BCUT2D eigenvalue weighted by molar-refractivity contribution is -0.127. The number of imide groups is 1. The van der Waals surface area contributed by atoms with E-state index in [0.717, 1.165) is 32.3 Å². The number of rotatable bonds is 11. The second kappa shape index (κ2) is 13.5. The van der Waals surface area contributed by atoms with E-state index in [1.165, 1.54) is 24.3 Å². The largest absolute Gasteiger partial charge is 0.490 e. The van der Waals surface area contributed by atoms with Crippen LogP contribution in [0.15, 0.2) is 82.7 Å². The minimum absolute atomic E-state index is 0.176. The van der Waals surface area contributed by atoms with E-state index in [4.69, 9.17) is 9.47 Å². The monoisotopic (exact) mass is 624 g/mol. The molecule has 0 bridgehead atoms. The van der Waals surface area contributed by atoms with Gasteiger partial charge in [-0.05, 0) is 90.8 Å². The maximum absolute atomic E-state index is 13.1. The number of nitrogens with zero attached hydrogens (tertiary/aromatic N) is 1. The van der Waals surface area contributed by atoms with Crippen molar-refractivity contribution in [2.45, 2.75) is 20.0 Å². The first-order chi connectivity index (χ1) is 19.3. The van der Waals surface area contributed by atoms with Crippen LogP contribution in [0.25, 0.3) is 6.08 Å². The molecule has 7 nitrogen and oxygen atoms in total. The van der Waals surface area contributed by atoms with Gasteiger partial charge in [0.1, 0.15) is 19.0 Å².